The molecule has 6 nitrogen and oxygen atoms in total. The minimum Gasteiger partial charge on any atom is -0.459 e. The summed E-state index contributed by atoms with van der Waals surface area (Å²) >= 11 is 0. The van der Waals surface area contributed by atoms with Crippen molar-refractivity contribution in [1.29, 1.82) is 0 Å². The fourth-order valence-corrected chi connectivity index (χ4v) is 0.986. The van der Waals surface area contributed by atoms with Gasteiger partial charge in [0.1, 0.15) is 6.10 Å². The quantitative estimate of drug-likeness (QED) is 0.390. The first kappa shape index (κ1) is 13.3. The molecule has 1 atom stereocenters. The molecule has 0 rings (SSSR count). The molecule has 14 heavy (non-hydrogen) atoms. The van der Waals surface area contributed by atoms with E-state index >= 15 is 0 Å². The standard InChI is InChI=1S/C7H13O6P/c1-3-7(8)13-6(2)4-5-12-14(9,10)11/h3,6H,1,4-5H2,2H3,(H2,9,10,11). The van der Waals surface area contributed by atoms with Gasteiger partial charge in [-0.15, -0.1) is 0 Å². The number of rotatable bonds is 6. The summed E-state index contributed by atoms with van der Waals surface area (Å²) in [7, 11) is -4.42. The van der Waals surface area contributed by atoms with Gasteiger partial charge in [0.15, 0.2) is 0 Å². The van der Waals surface area contributed by atoms with Crippen molar-refractivity contribution in [2.24, 2.45) is 0 Å². The first-order valence-corrected chi connectivity index (χ1v) is 5.41. The SMILES string of the molecule is C=CC(=O)OC(C)CCOP(=O)(O)O. The third-order valence-corrected chi connectivity index (χ3v) is 1.79. The lowest BCUT2D eigenvalue weighted by Gasteiger charge is -2.11. The van der Waals surface area contributed by atoms with Crippen molar-refractivity contribution in [3.63, 3.8) is 0 Å². The molecule has 0 aromatic carbocycles. The topological polar surface area (TPSA) is 93.1 Å². The van der Waals surface area contributed by atoms with Gasteiger partial charge in [-0.25, -0.2) is 9.36 Å². The van der Waals surface area contributed by atoms with Crippen LogP contribution < -0.4 is 0 Å². The number of carbonyl (C=O) groups is 1. The number of hydrogen-bond donors (Lipinski definition) is 2. The maximum Gasteiger partial charge on any atom is 0.469 e. The fraction of sp³-hybridized carbons (Fsp3) is 0.571. The third kappa shape index (κ3) is 7.94. The van der Waals surface area contributed by atoms with E-state index in [4.69, 9.17) is 14.5 Å². The Morgan fingerprint density at radius 3 is 2.64 bits per heavy atom. The molecule has 2 N–H and O–H groups in total. The van der Waals surface area contributed by atoms with Gasteiger partial charge in [-0.05, 0) is 6.92 Å². The molecule has 0 aliphatic heterocycles. The Labute approximate surface area is 81.8 Å². The molecule has 0 aliphatic rings. The molecule has 1 unspecified atom stereocenters. The van der Waals surface area contributed by atoms with Gasteiger partial charge < -0.3 is 14.5 Å². The van der Waals surface area contributed by atoms with E-state index in [1.54, 1.807) is 6.92 Å². The van der Waals surface area contributed by atoms with Gasteiger partial charge in [0.05, 0.1) is 6.61 Å². The fourth-order valence-electron chi connectivity index (χ4n) is 0.643. The van der Waals surface area contributed by atoms with Crippen molar-refractivity contribution >= 4 is 13.8 Å². The number of phosphoric ester groups is 1. The number of hydrogen-bond acceptors (Lipinski definition) is 4. The molecule has 0 spiro atoms. The number of esters is 1. The second-order valence-corrected chi connectivity index (χ2v) is 3.80. The summed E-state index contributed by atoms with van der Waals surface area (Å²) in [4.78, 5) is 27.3. The summed E-state index contributed by atoms with van der Waals surface area (Å²) in [5.74, 6) is -0.575. The van der Waals surface area contributed by atoms with Gasteiger partial charge in [0.2, 0.25) is 0 Å². The Bertz CT molecular complexity index is 245. The van der Waals surface area contributed by atoms with E-state index in [1.807, 2.05) is 0 Å². The van der Waals surface area contributed by atoms with Gasteiger partial charge in [-0.3, -0.25) is 4.52 Å². The summed E-state index contributed by atoms with van der Waals surface area (Å²) in [6.07, 6.45) is 0.762. The van der Waals surface area contributed by atoms with Crippen LogP contribution in [0.1, 0.15) is 13.3 Å². The molecule has 0 aromatic rings. The van der Waals surface area contributed by atoms with E-state index < -0.39 is 19.9 Å². The minimum absolute atomic E-state index is 0.171. The molecule has 0 aliphatic carbocycles. The Hall–Kier alpha value is -0.680. The molecule has 7 heteroatoms. The lowest BCUT2D eigenvalue weighted by Crippen LogP contribution is -2.14. The van der Waals surface area contributed by atoms with Crippen LogP contribution in [0.5, 0.6) is 0 Å². The van der Waals surface area contributed by atoms with Crippen LogP contribution in [0.25, 0.3) is 0 Å². The van der Waals surface area contributed by atoms with Crippen LogP contribution in [-0.2, 0) is 18.6 Å². The third-order valence-electron chi connectivity index (χ3n) is 1.27. The highest BCUT2D eigenvalue weighted by Gasteiger charge is 2.14. The molecule has 0 amide bonds. The molecule has 82 valence electrons. The van der Waals surface area contributed by atoms with Gasteiger partial charge in [-0.1, -0.05) is 6.58 Å². The van der Waals surface area contributed by atoms with Crippen LogP contribution in [-0.4, -0.2) is 28.5 Å². The van der Waals surface area contributed by atoms with Crippen molar-refractivity contribution in [3.05, 3.63) is 12.7 Å². The van der Waals surface area contributed by atoms with Crippen LogP contribution in [0.15, 0.2) is 12.7 Å². The highest BCUT2D eigenvalue weighted by molar-refractivity contribution is 7.46. The zero-order valence-corrected chi connectivity index (χ0v) is 8.65. The second kappa shape index (κ2) is 5.93. The lowest BCUT2D eigenvalue weighted by molar-refractivity contribution is -0.142. The van der Waals surface area contributed by atoms with Crippen LogP contribution >= 0.6 is 7.82 Å². The summed E-state index contributed by atoms with van der Waals surface area (Å²) < 4.78 is 19.1. The molecule has 0 radical (unpaired) electrons. The number of phosphoric acid groups is 1. The average molecular weight is 224 g/mol. The van der Waals surface area contributed by atoms with E-state index in [1.165, 1.54) is 0 Å². The van der Waals surface area contributed by atoms with Crippen molar-refractivity contribution in [2.75, 3.05) is 6.61 Å². The Balaban J connectivity index is 3.64. The summed E-state index contributed by atoms with van der Waals surface area (Å²) in [6, 6.07) is 0. The van der Waals surface area contributed by atoms with Gasteiger partial charge in [0.25, 0.3) is 0 Å². The first-order valence-electron chi connectivity index (χ1n) is 3.88. The minimum atomic E-state index is -4.42. The monoisotopic (exact) mass is 224 g/mol. The molecule has 0 aromatic heterocycles. The normalized spacial score (nSPS) is 13.4. The molecular weight excluding hydrogens is 211 g/mol. The maximum absolute atomic E-state index is 10.6. The van der Waals surface area contributed by atoms with Crippen molar-refractivity contribution in [2.45, 2.75) is 19.4 Å². The average Bonchev–Trinajstić information content (AvgIpc) is 2.01. The maximum atomic E-state index is 10.6. The lowest BCUT2D eigenvalue weighted by atomic mass is 10.3. The largest absolute Gasteiger partial charge is 0.469 e. The zero-order chi connectivity index (χ0) is 11.2. The Morgan fingerprint density at radius 2 is 2.21 bits per heavy atom. The molecule has 0 saturated heterocycles. The van der Waals surface area contributed by atoms with E-state index in [0.29, 0.717) is 0 Å². The van der Waals surface area contributed by atoms with E-state index in [0.717, 1.165) is 6.08 Å². The van der Waals surface area contributed by atoms with E-state index in [-0.39, 0.29) is 13.0 Å². The Morgan fingerprint density at radius 1 is 1.64 bits per heavy atom. The van der Waals surface area contributed by atoms with Crippen molar-refractivity contribution < 1.29 is 28.4 Å². The van der Waals surface area contributed by atoms with Crippen LogP contribution in [0.3, 0.4) is 0 Å². The van der Waals surface area contributed by atoms with Gasteiger partial charge >= 0.3 is 13.8 Å². The second-order valence-electron chi connectivity index (χ2n) is 2.56. The summed E-state index contributed by atoms with van der Waals surface area (Å²) in [6.45, 7) is 4.62. The highest BCUT2D eigenvalue weighted by atomic mass is 31.2. The van der Waals surface area contributed by atoms with Gasteiger partial charge in [0, 0.05) is 12.5 Å². The predicted octanol–water partition coefficient (Wildman–Crippen LogP) is 0.603. The smallest absolute Gasteiger partial charge is 0.459 e. The molecule has 0 fully saturated rings. The van der Waals surface area contributed by atoms with Crippen LogP contribution in [0.2, 0.25) is 0 Å². The first-order chi connectivity index (χ1) is 6.35. The molecule has 0 bridgehead atoms. The summed E-state index contributed by atoms with van der Waals surface area (Å²) in [5, 5.41) is 0. The van der Waals surface area contributed by atoms with Crippen molar-refractivity contribution in [3.8, 4) is 0 Å². The highest BCUT2D eigenvalue weighted by Crippen LogP contribution is 2.35. The Kier molecular flexibility index (Phi) is 5.64. The van der Waals surface area contributed by atoms with Crippen molar-refractivity contribution in [1.82, 2.24) is 0 Å². The zero-order valence-electron chi connectivity index (χ0n) is 7.75. The number of ether oxygens (including phenoxy) is 1. The predicted molar refractivity (Wildman–Crippen MR) is 48.4 cm³/mol. The molecular formula is C7H13O6P. The van der Waals surface area contributed by atoms with E-state index in [2.05, 4.69) is 11.1 Å². The summed E-state index contributed by atoms with van der Waals surface area (Å²) in [5.41, 5.74) is 0. The van der Waals surface area contributed by atoms with E-state index in [9.17, 15) is 9.36 Å². The van der Waals surface area contributed by atoms with Crippen LogP contribution in [0, 0.1) is 0 Å². The van der Waals surface area contributed by atoms with Crippen LogP contribution in [0.4, 0.5) is 0 Å². The number of carbonyl (C=O) groups excluding carboxylic acids is 1. The molecule has 0 heterocycles. The molecule has 0 saturated carbocycles. The van der Waals surface area contributed by atoms with Gasteiger partial charge in [-0.2, -0.15) is 0 Å².